The van der Waals surface area contributed by atoms with E-state index in [1.807, 2.05) is 51.1 Å². The summed E-state index contributed by atoms with van der Waals surface area (Å²) < 4.78 is 11.5. The SMILES string of the molecule is COC(=O)C12O[B-]([C@H](CC(C)C)NC(=O)[C@H](Cc3ccccc3)NC(=O)c3cnccn3)[N+]1(CCCCCCCCNC(=O)[C@@H](C)c1ccc(CC(C)C)cc1)CC2=O. The van der Waals surface area contributed by atoms with E-state index >= 15 is 0 Å². The molecule has 2 aromatic carbocycles. The normalized spacial score (nSPS) is 20.1. The van der Waals surface area contributed by atoms with Gasteiger partial charge < -0.3 is 29.7 Å². The number of carbonyl (C=O) groups excluding carboxylic acids is 5. The molecule has 13 nitrogen and oxygen atoms in total. The molecule has 2 aliphatic rings. The summed E-state index contributed by atoms with van der Waals surface area (Å²) in [6.07, 6.45) is 11.4. The van der Waals surface area contributed by atoms with Gasteiger partial charge in [-0.25, -0.2) is 9.78 Å². The van der Waals surface area contributed by atoms with Crippen LogP contribution in [0.4, 0.5) is 0 Å². The number of benzene rings is 2. The van der Waals surface area contributed by atoms with Gasteiger partial charge in [0.25, 0.3) is 17.4 Å². The number of aromatic nitrogens is 2. The van der Waals surface area contributed by atoms with Crippen LogP contribution in [0.2, 0.25) is 0 Å². The number of quaternary nitrogens is 1. The average molecular weight is 810 g/mol. The van der Waals surface area contributed by atoms with Crippen molar-refractivity contribution in [2.75, 3.05) is 26.7 Å². The third kappa shape index (κ3) is 10.8. The lowest BCUT2D eigenvalue weighted by atomic mass is 9.53. The van der Waals surface area contributed by atoms with Gasteiger partial charge in [-0.15, -0.1) is 0 Å². The first-order valence-corrected chi connectivity index (χ1v) is 21.3. The fourth-order valence-corrected chi connectivity index (χ4v) is 8.47. The molecule has 1 aromatic heterocycles. The van der Waals surface area contributed by atoms with E-state index in [9.17, 15) is 24.0 Å². The number of carbonyl (C=O) groups is 5. The largest absolute Gasteiger partial charge is 0.497 e. The molecule has 59 heavy (non-hydrogen) atoms. The lowest BCUT2D eigenvalue weighted by molar-refractivity contribution is -0.955. The average Bonchev–Trinajstić information content (AvgIpc) is 3.22. The quantitative estimate of drug-likeness (QED) is 0.0510. The van der Waals surface area contributed by atoms with Crippen LogP contribution in [0.5, 0.6) is 0 Å². The molecule has 3 aromatic rings. The summed E-state index contributed by atoms with van der Waals surface area (Å²) in [4.78, 5) is 74.8. The van der Waals surface area contributed by atoms with Crippen LogP contribution in [0.15, 0.2) is 73.2 Å². The molecule has 0 spiro atoms. The third-order valence-corrected chi connectivity index (χ3v) is 11.6. The Morgan fingerprint density at radius 3 is 2.14 bits per heavy atom. The number of amides is 3. The minimum atomic E-state index is -1.74. The number of nitrogens with zero attached hydrogens (tertiary/aromatic N) is 3. The number of methoxy groups -OCH3 is 1. The van der Waals surface area contributed by atoms with Gasteiger partial charge in [0.15, 0.2) is 0 Å². The highest BCUT2D eigenvalue weighted by Crippen LogP contribution is 2.51. The minimum absolute atomic E-state index is 0.0329. The zero-order chi connectivity index (χ0) is 42.6. The molecule has 0 saturated carbocycles. The van der Waals surface area contributed by atoms with Crippen LogP contribution in [-0.4, -0.2) is 95.3 Å². The molecule has 317 valence electrons. The van der Waals surface area contributed by atoms with Crippen molar-refractivity contribution in [2.45, 2.75) is 116 Å². The summed E-state index contributed by atoms with van der Waals surface area (Å²) in [7, 11) is 0.582. The van der Waals surface area contributed by atoms with Gasteiger partial charge in [-0.3, -0.25) is 24.2 Å². The number of nitrogens with one attached hydrogen (secondary N) is 3. The van der Waals surface area contributed by atoms with Gasteiger partial charge in [-0.1, -0.05) is 108 Å². The number of esters is 1. The zero-order valence-electron chi connectivity index (χ0n) is 35.6. The monoisotopic (exact) mass is 809 g/mol. The maximum atomic E-state index is 14.2. The van der Waals surface area contributed by atoms with Crippen molar-refractivity contribution in [2.24, 2.45) is 11.8 Å². The summed E-state index contributed by atoms with van der Waals surface area (Å²) in [6.45, 7) is 11.6. The molecule has 3 heterocycles. The van der Waals surface area contributed by atoms with Crippen LogP contribution in [0.3, 0.4) is 0 Å². The van der Waals surface area contributed by atoms with Gasteiger partial charge in [0, 0.05) is 31.9 Å². The van der Waals surface area contributed by atoms with E-state index in [0.717, 1.165) is 56.1 Å². The first-order chi connectivity index (χ1) is 28.3. The fourth-order valence-electron chi connectivity index (χ4n) is 8.47. The molecular weight excluding hydrogens is 747 g/mol. The highest BCUT2D eigenvalue weighted by molar-refractivity contribution is 6.52. The summed E-state index contributed by atoms with van der Waals surface area (Å²) in [5.74, 6) is -2.03. The van der Waals surface area contributed by atoms with Crippen LogP contribution in [-0.2, 0) is 41.4 Å². The van der Waals surface area contributed by atoms with E-state index < -0.39 is 42.5 Å². The predicted octanol–water partition coefficient (Wildman–Crippen LogP) is 5.13. The van der Waals surface area contributed by atoms with Crippen molar-refractivity contribution in [3.05, 3.63) is 95.6 Å². The molecule has 2 aliphatic heterocycles. The number of rotatable bonds is 23. The molecule has 5 rings (SSSR count). The first-order valence-electron chi connectivity index (χ1n) is 21.3. The molecule has 0 aliphatic carbocycles. The Hall–Kier alpha value is -4.95. The van der Waals surface area contributed by atoms with Crippen molar-refractivity contribution in [1.29, 1.82) is 0 Å². The lowest BCUT2D eigenvalue weighted by Gasteiger charge is -2.78. The molecule has 2 saturated heterocycles. The van der Waals surface area contributed by atoms with E-state index in [2.05, 4.69) is 64.0 Å². The molecule has 0 bridgehead atoms. The fraction of sp³-hybridized carbons (Fsp3) is 0.533. The number of hydrogen-bond donors (Lipinski definition) is 3. The van der Waals surface area contributed by atoms with E-state index in [0.29, 0.717) is 25.4 Å². The van der Waals surface area contributed by atoms with E-state index in [-0.39, 0.29) is 46.6 Å². The molecule has 5 atom stereocenters. The molecular formula is C45H62BN6O7. The second-order valence-electron chi connectivity index (χ2n) is 17.0. The van der Waals surface area contributed by atoms with E-state index in [4.69, 9.17) is 9.39 Å². The molecule has 2 fully saturated rings. The Kier molecular flexibility index (Phi) is 15.9. The first kappa shape index (κ1) is 45.1. The standard InChI is InChI=1S/C45H61BN6O7/c1-31(2)26-35-18-20-36(21-19-35)33(5)41(54)49-22-14-9-7-8-10-15-25-52-30-39(53)45(52,44(57)58-6)59-46(52)40(27-32(3)4)51-42(55)37(28-34-16-12-11-13-17-34)50-43(56)38-29-47-23-24-48-38/h11-13,16-21,23-24,29,31-33,37,40H,7-10,14-15,22,25-28,30H2,1-6H3,(H2-,49,50,51,54,55,56)/q-1/p+1/t33-,37-,40-,45?,52?/m0/s1. The minimum Gasteiger partial charge on any atom is -0.497 e. The van der Waals surface area contributed by atoms with Gasteiger partial charge in [0.2, 0.25) is 11.8 Å². The van der Waals surface area contributed by atoms with Crippen molar-refractivity contribution >= 4 is 36.5 Å². The molecule has 3 N–H and O–H groups in total. The summed E-state index contributed by atoms with van der Waals surface area (Å²) in [6, 6.07) is 16.8. The highest BCUT2D eigenvalue weighted by atomic mass is 16.6. The van der Waals surface area contributed by atoms with Crippen LogP contribution in [0.25, 0.3) is 0 Å². The highest BCUT2D eigenvalue weighted by Gasteiger charge is 2.79. The number of ether oxygens (including phenoxy) is 1. The van der Waals surface area contributed by atoms with Gasteiger partial charge in [0.1, 0.15) is 18.3 Å². The van der Waals surface area contributed by atoms with E-state index in [1.165, 1.54) is 31.3 Å². The molecule has 14 heteroatoms. The van der Waals surface area contributed by atoms with Gasteiger partial charge >= 0.3 is 13.0 Å². The second kappa shape index (κ2) is 20.8. The molecule has 1 radical (unpaired) electrons. The van der Waals surface area contributed by atoms with Gasteiger partial charge in [-0.05, 0) is 67.1 Å². The van der Waals surface area contributed by atoms with Gasteiger partial charge in [-0.2, -0.15) is 0 Å². The summed E-state index contributed by atoms with van der Waals surface area (Å²) >= 11 is 0. The number of unbranched alkanes of at least 4 members (excludes halogenated alkanes) is 5. The van der Waals surface area contributed by atoms with E-state index in [1.54, 1.807) is 0 Å². The van der Waals surface area contributed by atoms with Crippen LogP contribution < -0.4 is 16.0 Å². The molecule has 2 unspecified atom stereocenters. The number of hydrogen-bond acceptors (Lipinski definition) is 9. The maximum absolute atomic E-state index is 14.2. The smallest absolute Gasteiger partial charge is 0.398 e. The Bertz CT molecular complexity index is 1880. The Morgan fingerprint density at radius 2 is 1.51 bits per heavy atom. The Balaban J connectivity index is 1.16. The summed E-state index contributed by atoms with van der Waals surface area (Å²) in [5, 5.41) is 9.10. The number of ketones is 1. The summed E-state index contributed by atoms with van der Waals surface area (Å²) in [5.41, 5.74) is 1.50. The Labute approximate surface area is 349 Å². The zero-order valence-corrected chi connectivity index (χ0v) is 35.6. The maximum Gasteiger partial charge on any atom is 0.398 e. The number of fused-ring (bicyclic) bond motifs is 1. The van der Waals surface area contributed by atoms with Crippen molar-refractivity contribution in [3.63, 3.8) is 0 Å². The topological polar surface area (TPSA) is 166 Å². The van der Waals surface area contributed by atoms with Crippen molar-refractivity contribution in [1.82, 2.24) is 25.9 Å². The Morgan fingerprint density at radius 1 is 0.831 bits per heavy atom. The van der Waals surface area contributed by atoms with Crippen LogP contribution in [0.1, 0.15) is 113 Å². The third-order valence-electron chi connectivity index (χ3n) is 11.6. The number of Topliss-reactive ketones (excluding diaryl/α,β-unsaturated/α-hetero) is 1. The van der Waals surface area contributed by atoms with Crippen molar-refractivity contribution in [3.8, 4) is 0 Å². The second-order valence-corrected chi connectivity index (χ2v) is 17.0. The lowest BCUT2D eigenvalue weighted by Crippen LogP contribution is -3.00. The predicted molar refractivity (Wildman–Crippen MR) is 226 cm³/mol. The van der Waals surface area contributed by atoms with Crippen LogP contribution in [0, 0.1) is 11.8 Å². The van der Waals surface area contributed by atoms with Crippen molar-refractivity contribution < 1.29 is 37.8 Å². The van der Waals surface area contributed by atoms with Crippen LogP contribution >= 0.6 is 0 Å². The van der Waals surface area contributed by atoms with Gasteiger partial charge in [0.05, 0.1) is 19.2 Å². The molecule has 3 amide bonds.